The zero-order valence-corrected chi connectivity index (χ0v) is 10.2. The molecule has 2 rings (SSSR count). The van der Waals surface area contributed by atoms with Gasteiger partial charge in [0.2, 0.25) is 0 Å². The summed E-state index contributed by atoms with van der Waals surface area (Å²) in [5.74, 6) is 0.880. The Balaban J connectivity index is 2.23. The molecule has 1 unspecified atom stereocenters. The summed E-state index contributed by atoms with van der Waals surface area (Å²) in [5.41, 5.74) is 7.67. The molecule has 1 heterocycles. The Morgan fingerprint density at radius 2 is 2.35 bits per heavy atom. The molecule has 2 N–H and O–H groups in total. The van der Waals surface area contributed by atoms with Crippen molar-refractivity contribution in [2.75, 3.05) is 6.61 Å². The Hall–Kier alpha value is -1.35. The molecule has 0 aliphatic carbocycles. The largest absolute Gasteiger partial charge is 0.493 e. The number of carbonyl (C=O) groups is 1. The van der Waals surface area contributed by atoms with Crippen LogP contribution in [0.3, 0.4) is 0 Å². The van der Waals surface area contributed by atoms with Crippen LogP contribution in [-0.2, 0) is 6.42 Å². The van der Waals surface area contributed by atoms with E-state index in [0.29, 0.717) is 18.6 Å². The van der Waals surface area contributed by atoms with E-state index in [1.54, 1.807) is 0 Å². The van der Waals surface area contributed by atoms with E-state index in [1.807, 2.05) is 25.1 Å². The lowest BCUT2D eigenvalue weighted by atomic mass is 9.97. The summed E-state index contributed by atoms with van der Waals surface area (Å²) in [6, 6.07) is 5.75. The number of nitrogens with two attached hydrogens (primary N) is 1. The number of carbonyl (C=O) groups excluding carboxylic acids is 1. The Bertz CT molecular complexity index is 415. The number of aryl methyl sites for hydroxylation is 1. The quantitative estimate of drug-likeness (QED) is 0.812. The topological polar surface area (TPSA) is 52.3 Å². The molecule has 1 aliphatic heterocycles. The lowest BCUT2D eigenvalue weighted by Crippen LogP contribution is -2.23. The van der Waals surface area contributed by atoms with Crippen LogP contribution in [0.2, 0.25) is 0 Å². The fraction of sp³-hybridized carbons (Fsp3) is 0.500. The molecule has 1 aliphatic rings. The van der Waals surface area contributed by atoms with Crippen molar-refractivity contribution in [3.05, 3.63) is 29.3 Å². The highest BCUT2D eigenvalue weighted by atomic mass is 16.5. The van der Waals surface area contributed by atoms with Crippen molar-refractivity contribution in [3.8, 4) is 5.75 Å². The average molecular weight is 233 g/mol. The number of ketones is 1. The number of rotatable bonds is 4. The highest BCUT2D eigenvalue weighted by Gasteiger charge is 2.19. The predicted molar refractivity (Wildman–Crippen MR) is 67.5 cm³/mol. The van der Waals surface area contributed by atoms with Crippen molar-refractivity contribution in [2.45, 2.75) is 38.6 Å². The number of hydrogen-bond acceptors (Lipinski definition) is 3. The molecular formula is C14H19NO2. The molecule has 0 spiro atoms. The molecule has 0 bridgehead atoms. The van der Waals surface area contributed by atoms with Crippen molar-refractivity contribution in [3.63, 3.8) is 0 Å². The molecule has 3 nitrogen and oxygen atoms in total. The molecule has 1 aromatic carbocycles. The van der Waals surface area contributed by atoms with E-state index in [2.05, 4.69) is 0 Å². The van der Waals surface area contributed by atoms with Gasteiger partial charge in [0.25, 0.3) is 0 Å². The number of benzene rings is 1. The minimum atomic E-state index is -0.0538. The monoisotopic (exact) mass is 233 g/mol. The lowest BCUT2D eigenvalue weighted by Gasteiger charge is -2.20. The van der Waals surface area contributed by atoms with Gasteiger partial charge in [-0.1, -0.05) is 19.1 Å². The fourth-order valence-electron chi connectivity index (χ4n) is 2.10. The Morgan fingerprint density at radius 1 is 1.53 bits per heavy atom. The molecule has 0 aromatic heterocycles. The van der Waals surface area contributed by atoms with Crippen LogP contribution in [0.15, 0.2) is 18.2 Å². The molecule has 17 heavy (non-hydrogen) atoms. The Morgan fingerprint density at radius 3 is 3.12 bits per heavy atom. The summed E-state index contributed by atoms with van der Waals surface area (Å²) in [6.07, 6.45) is 3.24. The van der Waals surface area contributed by atoms with E-state index in [9.17, 15) is 4.79 Å². The van der Waals surface area contributed by atoms with Crippen LogP contribution in [0.1, 0.15) is 42.1 Å². The smallest absolute Gasteiger partial charge is 0.168 e. The van der Waals surface area contributed by atoms with Gasteiger partial charge >= 0.3 is 0 Å². The number of Topliss-reactive ketones (excluding diaryl/α,β-unsaturated/α-hetero) is 1. The molecule has 0 saturated heterocycles. The van der Waals surface area contributed by atoms with Crippen molar-refractivity contribution in [2.24, 2.45) is 5.73 Å². The minimum Gasteiger partial charge on any atom is -0.493 e. The number of para-hydroxylation sites is 1. The summed E-state index contributed by atoms with van der Waals surface area (Å²) in [4.78, 5) is 12.1. The predicted octanol–water partition coefficient (Wildman–Crippen LogP) is 2.32. The van der Waals surface area contributed by atoms with Crippen molar-refractivity contribution in [1.82, 2.24) is 0 Å². The molecular weight excluding hydrogens is 214 g/mol. The summed E-state index contributed by atoms with van der Waals surface area (Å²) >= 11 is 0. The highest BCUT2D eigenvalue weighted by molar-refractivity contribution is 5.99. The molecule has 1 atom stereocenters. The first-order chi connectivity index (χ1) is 8.22. The molecule has 92 valence electrons. The van der Waals surface area contributed by atoms with Gasteiger partial charge in [-0.25, -0.2) is 0 Å². The standard InChI is InChI=1S/C14H19NO2/c1-2-11(15)9-13(16)12-7-3-5-10-6-4-8-17-14(10)12/h3,5,7,11H,2,4,6,8-9,15H2,1H3. The van der Waals surface area contributed by atoms with E-state index >= 15 is 0 Å². The van der Waals surface area contributed by atoms with Gasteiger partial charge in [0, 0.05) is 12.5 Å². The first kappa shape index (κ1) is 12.1. The van der Waals surface area contributed by atoms with Gasteiger partial charge < -0.3 is 10.5 Å². The zero-order chi connectivity index (χ0) is 12.3. The summed E-state index contributed by atoms with van der Waals surface area (Å²) in [7, 11) is 0. The minimum absolute atomic E-state index is 0.0538. The maximum absolute atomic E-state index is 12.1. The van der Waals surface area contributed by atoms with Crippen molar-refractivity contribution >= 4 is 5.78 Å². The summed E-state index contributed by atoms with van der Waals surface area (Å²) in [5, 5.41) is 0. The zero-order valence-electron chi connectivity index (χ0n) is 10.2. The number of fused-ring (bicyclic) bond motifs is 1. The average Bonchev–Trinajstić information content (AvgIpc) is 2.37. The van der Waals surface area contributed by atoms with Gasteiger partial charge in [-0.05, 0) is 30.9 Å². The third kappa shape index (κ3) is 2.67. The van der Waals surface area contributed by atoms with Crippen LogP contribution in [-0.4, -0.2) is 18.4 Å². The normalized spacial score (nSPS) is 15.9. The van der Waals surface area contributed by atoms with Gasteiger partial charge in [-0.2, -0.15) is 0 Å². The van der Waals surface area contributed by atoms with Crippen LogP contribution >= 0.6 is 0 Å². The van der Waals surface area contributed by atoms with E-state index < -0.39 is 0 Å². The second-order valence-corrected chi connectivity index (χ2v) is 4.54. The third-order valence-corrected chi connectivity index (χ3v) is 3.21. The van der Waals surface area contributed by atoms with Crippen molar-refractivity contribution < 1.29 is 9.53 Å². The first-order valence-corrected chi connectivity index (χ1v) is 6.25. The van der Waals surface area contributed by atoms with E-state index in [1.165, 1.54) is 0 Å². The molecule has 1 aromatic rings. The summed E-state index contributed by atoms with van der Waals surface area (Å²) in [6.45, 7) is 2.70. The number of ether oxygens (including phenoxy) is 1. The van der Waals surface area contributed by atoms with Gasteiger partial charge in [-0.3, -0.25) is 4.79 Å². The second-order valence-electron chi connectivity index (χ2n) is 4.54. The van der Waals surface area contributed by atoms with E-state index in [4.69, 9.17) is 10.5 Å². The molecule has 0 radical (unpaired) electrons. The lowest BCUT2D eigenvalue weighted by molar-refractivity contribution is 0.0969. The maximum Gasteiger partial charge on any atom is 0.168 e. The van der Waals surface area contributed by atoms with Gasteiger partial charge in [0.1, 0.15) is 5.75 Å². The Kier molecular flexibility index (Phi) is 3.79. The molecule has 0 saturated carbocycles. The third-order valence-electron chi connectivity index (χ3n) is 3.21. The Labute approximate surface area is 102 Å². The summed E-state index contributed by atoms with van der Waals surface area (Å²) < 4.78 is 5.63. The van der Waals surface area contributed by atoms with Gasteiger partial charge in [0.15, 0.2) is 5.78 Å². The molecule has 0 amide bonds. The second kappa shape index (κ2) is 5.32. The van der Waals surface area contributed by atoms with Gasteiger partial charge in [-0.15, -0.1) is 0 Å². The van der Waals surface area contributed by atoms with Crippen LogP contribution in [0.5, 0.6) is 5.75 Å². The maximum atomic E-state index is 12.1. The first-order valence-electron chi connectivity index (χ1n) is 6.25. The fourth-order valence-corrected chi connectivity index (χ4v) is 2.10. The van der Waals surface area contributed by atoms with E-state index in [0.717, 1.165) is 30.6 Å². The van der Waals surface area contributed by atoms with Crippen LogP contribution in [0, 0.1) is 0 Å². The highest BCUT2D eigenvalue weighted by Crippen LogP contribution is 2.29. The van der Waals surface area contributed by atoms with Gasteiger partial charge in [0.05, 0.1) is 12.2 Å². The van der Waals surface area contributed by atoms with Crippen molar-refractivity contribution in [1.29, 1.82) is 0 Å². The SMILES string of the molecule is CCC(N)CC(=O)c1cccc2c1OCCC2. The van der Waals surface area contributed by atoms with Crippen LogP contribution in [0.25, 0.3) is 0 Å². The molecule has 3 heteroatoms. The number of hydrogen-bond donors (Lipinski definition) is 1. The van der Waals surface area contributed by atoms with E-state index in [-0.39, 0.29) is 11.8 Å². The van der Waals surface area contributed by atoms with Crippen LogP contribution in [0.4, 0.5) is 0 Å². The molecule has 0 fully saturated rings. The van der Waals surface area contributed by atoms with Crippen LogP contribution < -0.4 is 10.5 Å².